The fourth-order valence-corrected chi connectivity index (χ4v) is 11.8. The van der Waals surface area contributed by atoms with Gasteiger partial charge in [-0.15, -0.1) is 0 Å². The van der Waals surface area contributed by atoms with Crippen molar-refractivity contribution in [3.8, 4) is 0 Å². The summed E-state index contributed by atoms with van der Waals surface area (Å²) < 4.78 is 12.2. The number of carbonyl (C=O) groups excluding carboxylic acids is 3. The summed E-state index contributed by atoms with van der Waals surface area (Å²) in [6.07, 6.45) is 6.06. The van der Waals surface area contributed by atoms with Crippen LogP contribution in [0, 0.1) is 51.2 Å². The third-order valence-corrected chi connectivity index (χ3v) is 13.3. The van der Waals surface area contributed by atoms with Crippen molar-refractivity contribution in [2.75, 3.05) is 0 Å². The number of esters is 2. The van der Waals surface area contributed by atoms with Gasteiger partial charge in [-0.25, -0.2) is 0 Å². The van der Waals surface area contributed by atoms with E-state index in [0.29, 0.717) is 30.1 Å². The molecule has 0 aliphatic heterocycles. The first-order chi connectivity index (χ1) is 18.6. The van der Waals surface area contributed by atoms with Crippen LogP contribution in [0.15, 0.2) is 0 Å². The van der Waals surface area contributed by atoms with Crippen LogP contribution < -0.4 is 0 Å². The molecule has 2 N–H and O–H groups in total. The molecule has 7 heteroatoms. The Hall–Kier alpha value is -1.47. The van der Waals surface area contributed by atoms with E-state index in [1.807, 2.05) is 0 Å². The van der Waals surface area contributed by atoms with Gasteiger partial charge in [0.2, 0.25) is 0 Å². The Balaban J connectivity index is 1.61. The first-order valence-corrected chi connectivity index (χ1v) is 15.9. The Labute approximate surface area is 240 Å². The van der Waals surface area contributed by atoms with E-state index in [4.69, 9.17) is 9.47 Å². The molecule has 5 saturated carbocycles. The van der Waals surface area contributed by atoms with Gasteiger partial charge in [0.05, 0.1) is 24.5 Å². The number of aliphatic hydroxyl groups excluding tert-OH is 2. The van der Waals surface area contributed by atoms with E-state index in [9.17, 15) is 24.6 Å². The van der Waals surface area contributed by atoms with Crippen molar-refractivity contribution >= 4 is 17.7 Å². The zero-order chi connectivity index (χ0) is 29.4. The molecule has 0 saturated heterocycles. The van der Waals surface area contributed by atoms with Gasteiger partial charge in [-0.2, -0.15) is 0 Å². The zero-order valence-corrected chi connectivity index (χ0v) is 25.7. The van der Waals surface area contributed by atoms with E-state index in [-0.39, 0.29) is 41.0 Å². The molecule has 0 aromatic carbocycles. The first-order valence-electron chi connectivity index (χ1n) is 15.9. The molecule has 1 spiro atoms. The average Bonchev–Trinajstić information content (AvgIpc) is 2.83. The molecule has 226 valence electrons. The van der Waals surface area contributed by atoms with Crippen molar-refractivity contribution in [1.29, 1.82) is 0 Å². The predicted molar refractivity (Wildman–Crippen MR) is 150 cm³/mol. The minimum absolute atomic E-state index is 0.0454. The van der Waals surface area contributed by atoms with Crippen molar-refractivity contribution in [1.82, 2.24) is 0 Å². The molecule has 0 radical (unpaired) electrons. The maximum Gasteiger partial charge on any atom is 0.308 e. The summed E-state index contributed by atoms with van der Waals surface area (Å²) in [4.78, 5) is 38.6. The Morgan fingerprint density at radius 1 is 0.950 bits per heavy atom. The molecule has 5 rings (SSSR count). The Morgan fingerprint density at radius 3 is 2.20 bits per heavy atom. The van der Waals surface area contributed by atoms with Gasteiger partial charge < -0.3 is 19.7 Å². The van der Waals surface area contributed by atoms with Gasteiger partial charge in [-0.3, -0.25) is 14.4 Å². The van der Waals surface area contributed by atoms with Crippen LogP contribution in [0.5, 0.6) is 0 Å². The maximum absolute atomic E-state index is 13.2. The molecule has 5 aliphatic rings. The second-order valence-corrected chi connectivity index (χ2v) is 15.3. The van der Waals surface area contributed by atoms with E-state index >= 15 is 0 Å². The fourth-order valence-electron chi connectivity index (χ4n) is 11.8. The van der Waals surface area contributed by atoms with Crippen LogP contribution >= 0.6 is 0 Å². The fraction of sp³-hybridized carbons (Fsp3) is 0.909. The van der Waals surface area contributed by atoms with E-state index < -0.39 is 41.5 Å². The lowest BCUT2D eigenvalue weighted by atomic mass is 9.29. The summed E-state index contributed by atoms with van der Waals surface area (Å²) in [6.45, 7) is 14.2. The lowest BCUT2D eigenvalue weighted by molar-refractivity contribution is -0.323. The first kappa shape index (κ1) is 30.0. The summed E-state index contributed by atoms with van der Waals surface area (Å²) in [5, 5.41) is 21.1. The topological polar surface area (TPSA) is 110 Å². The van der Waals surface area contributed by atoms with Gasteiger partial charge in [0.25, 0.3) is 0 Å². The van der Waals surface area contributed by atoms with Gasteiger partial charge in [-0.05, 0) is 92.8 Å². The third-order valence-electron chi connectivity index (χ3n) is 13.3. The van der Waals surface area contributed by atoms with E-state index in [2.05, 4.69) is 27.7 Å². The van der Waals surface area contributed by atoms with E-state index in [1.54, 1.807) is 6.92 Å². The SMILES string of the molecule is CCC1(C)CCCC2(C)C1CCC1(C)C2CC(OC(C)=O)C23CC(O)C2C(C(C)=O)C(OC(=O)CC(C)O)CC13. The smallest absolute Gasteiger partial charge is 0.308 e. The molecule has 0 amide bonds. The minimum Gasteiger partial charge on any atom is -0.462 e. The van der Waals surface area contributed by atoms with Gasteiger partial charge in [0.15, 0.2) is 0 Å². The Kier molecular flexibility index (Phi) is 7.55. The molecule has 13 atom stereocenters. The van der Waals surface area contributed by atoms with Crippen LogP contribution in [-0.2, 0) is 23.9 Å². The molecular weight excluding hydrogens is 508 g/mol. The van der Waals surface area contributed by atoms with Crippen molar-refractivity contribution in [3.05, 3.63) is 0 Å². The van der Waals surface area contributed by atoms with Gasteiger partial charge >= 0.3 is 11.9 Å². The van der Waals surface area contributed by atoms with Crippen LogP contribution in [0.2, 0.25) is 0 Å². The number of ketones is 1. The highest BCUT2D eigenvalue weighted by Crippen LogP contribution is 2.77. The summed E-state index contributed by atoms with van der Waals surface area (Å²) in [5.74, 6) is -1.04. The number of Topliss-reactive ketones (excluding diaryl/α,β-unsaturated/α-hetero) is 1. The highest BCUT2D eigenvalue weighted by molar-refractivity contribution is 5.81. The van der Waals surface area contributed by atoms with Crippen LogP contribution in [0.25, 0.3) is 0 Å². The number of fused-ring (bicyclic) bond motifs is 4. The summed E-state index contributed by atoms with van der Waals surface area (Å²) in [7, 11) is 0. The highest BCUT2D eigenvalue weighted by atomic mass is 16.6. The van der Waals surface area contributed by atoms with E-state index in [0.717, 1.165) is 32.1 Å². The van der Waals surface area contributed by atoms with Crippen molar-refractivity contribution < 1.29 is 34.1 Å². The van der Waals surface area contributed by atoms with Crippen molar-refractivity contribution in [2.24, 2.45) is 51.2 Å². The van der Waals surface area contributed by atoms with Crippen LogP contribution in [0.3, 0.4) is 0 Å². The molecule has 0 heterocycles. The second-order valence-electron chi connectivity index (χ2n) is 15.3. The third kappa shape index (κ3) is 4.22. The molecule has 0 bridgehead atoms. The van der Waals surface area contributed by atoms with Crippen molar-refractivity contribution in [3.63, 3.8) is 0 Å². The molecule has 0 aromatic heterocycles. The monoisotopic (exact) mass is 560 g/mol. The molecule has 7 nitrogen and oxygen atoms in total. The number of carbonyl (C=O) groups is 3. The van der Waals surface area contributed by atoms with Crippen molar-refractivity contribution in [2.45, 2.75) is 137 Å². The molecule has 0 aromatic rings. The zero-order valence-electron chi connectivity index (χ0n) is 25.7. The van der Waals surface area contributed by atoms with Crippen LogP contribution in [-0.4, -0.2) is 52.4 Å². The lowest BCUT2D eigenvalue weighted by Crippen LogP contribution is -2.76. The average molecular weight is 561 g/mol. The van der Waals surface area contributed by atoms with Gasteiger partial charge in [0, 0.05) is 18.3 Å². The van der Waals surface area contributed by atoms with Gasteiger partial charge in [0.1, 0.15) is 18.0 Å². The largest absolute Gasteiger partial charge is 0.462 e. The standard InChI is InChI=1S/C33H52O7/c1-8-30(5)11-9-12-31(6)23(30)10-13-32(7)24(31)16-26(39-20(4)36)33-17-21(37)29(33)28(19(3)35)22(15-25(32)33)40-27(38)14-18(2)34/h18,21-26,28-29,34,37H,8-17H2,1-7H3. The molecule has 5 fully saturated rings. The molecule has 13 unspecified atom stereocenters. The lowest BCUT2D eigenvalue weighted by Gasteiger charge is -2.76. The summed E-state index contributed by atoms with van der Waals surface area (Å²) in [5.41, 5.74) is -0.209. The Morgan fingerprint density at radius 2 is 1.62 bits per heavy atom. The van der Waals surface area contributed by atoms with E-state index in [1.165, 1.54) is 26.7 Å². The molecule has 40 heavy (non-hydrogen) atoms. The highest BCUT2D eigenvalue weighted by Gasteiger charge is 2.77. The predicted octanol–water partition coefficient (Wildman–Crippen LogP) is 5.24. The molecule has 5 aliphatic carbocycles. The number of rotatable bonds is 6. The summed E-state index contributed by atoms with van der Waals surface area (Å²) in [6, 6.07) is 0. The normalized spacial score (nSPS) is 50.1. The van der Waals surface area contributed by atoms with Crippen LogP contribution in [0.4, 0.5) is 0 Å². The Bertz CT molecular complexity index is 1040. The molecular formula is C33H52O7. The maximum atomic E-state index is 13.2. The van der Waals surface area contributed by atoms with Crippen LogP contribution in [0.1, 0.15) is 113 Å². The number of hydrogen-bond acceptors (Lipinski definition) is 7. The summed E-state index contributed by atoms with van der Waals surface area (Å²) >= 11 is 0. The second kappa shape index (κ2) is 10.1. The quantitative estimate of drug-likeness (QED) is 0.428. The van der Waals surface area contributed by atoms with Gasteiger partial charge in [-0.1, -0.05) is 40.5 Å². The minimum atomic E-state index is -0.834. The number of ether oxygens (including phenoxy) is 2. The number of hydrogen-bond donors (Lipinski definition) is 2. The number of aliphatic hydroxyl groups is 2.